The molecule has 238 valence electrons. The smallest absolute Gasteiger partial charge is 0.321 e. The first kappa shape index (κ1) is 32.2. The number of piperidine rings is 1. The standard InChI is InChI=1S/C36H55FN4O2/c1-6-41-34(21-31(38-41)18-26-12-10-25(4)11-13-26)27-14-16-40(17-15-27)23-29-20-32(39(5)35(24(2)3)36(42)43)22-33(29)28-8-7-9-30(37)19-28/h7-9,19,21,24-27,29,32-33,35H,6,10-18,20,22-23H2,1-5H3,(H,42,43)/t25?,26?,29?,32?,33?,35-/m1/s1. The zero-order chi connectivity index (χ0) is 30.7. The highest BCUT2D eigenvalue weighted by Gasteiger charge is 2.42. The van der Waals surface area contributed by atoms with E-state index in [2.05, 4.69) is 40.5 Å². The number of benzene rings is 1. The number of aryl methyl sites for hydroxylation is 1. The predicted molar refractivity (Wildman–Crippen MR) is 171 cm³/mol. The van der Waals surface area contributed by atoms with Crippen LogP contribution in [0.25, 0.3) is 0 Å². The molecular formula is C36H55FN4O2. The normalized spacial score (nSPS) is 28.1. The zero-order valence-corrected chi connectivity index (χ0v) is 27.2. The van der Waals surface area contributed by atoms with Gasteiger partial charge in [-0.05, 0) is 125 Å². The second-order valence-corrected chi connectivity index (χ2v) is 14.5. The molecule has 2 aliphatic carbocycles. The molecule has 43 heavy (non-hydrogen) atoms. The summed E-state index contributed by atoms with van der Waals surface area (Å²) in [5.41, 5.74) is 3.77. The van der Waals surface area contributed by atoms with E-state index in [1.165, 1.54) is 43.1 Å². The number of carboxylic acid groups (broad SMARTS) is 1. The molecule has 7 heteroatoms. The number of likely N-dealkylation sites (N-methyl/N-ethyl adjacent to an activating group) is 1. The van der Waals surface area contributed by atoms with Gasteiger partial charge in [0, 0.05) is 30.7 Å². The monoisotopic (exact) mass is 594 g/mol. The van der Waals surface area contributed by atoms with Crippen LogP contribution in [0.5, 0.6) is 0 Å². The molecule has 4 atom stereocenters. The molecule has 1 aromatic carbocycles. The minimum atomic E-state index is -0.756. The molecule has 3 aliphatic rings. The summed E-state index contributed by atoms with van der Waals surface area (Å²) < 4.78 is 16.6. The maximum Gasteiger partial charge on any atom is 0.321 e. The van der Waals surface area contributed by atoms with E-state index < -0.39 is 12.0 Å². The van der Waals surface area contributed by atoms with Gasteiger partial charge in [0.05, 0.1) is 5.69 Å². The topological polar surface area (TPSA) is 61.6 Å². The molecule has 3 unspecified atom stereocenters. The van der Waals surface area contributed by atoms with Crippen LogP contribution in [0.1, 0.15) is 108 Å². The summed E-state index contributed by atoms with van der Waals surface area (Å²) in [6.45, 7) is 12.6. The first-order valence-electron chi connectivity index (χ1n) is 17.1. The average molecular weight is 595 g/mol. The Morgan fingerprint density at radius 1 is 1.09 bits per heavy atom. The minimum absolute atomic E-state index is 0.0247. The summed E-state index contributed by atoms with van der Waals surface area (Å²) in [4.78, 5) is 16.8. The Kier molecular flexibility index (Phi) is 10.6. The largest absolute Gasteiger partial charge is 0.480 e. The first-order chi connectivity index (χ1) is 20.6. The van der Waals surface area contributed by atoms with Crippen LogP contribution in [0.2, 0.25) is 0 Å². The molecule has 1 aliphatic heterocycles. The van der Waals surface area contributed by atoms with Gasteiger partial charge in [-0.15, -0.1) is 0 Å². The fourth-order valence-corrected chi connectivity index (χ4v) is 8.67. The van der Waals surface area contributed by atoms with Crippen molar-refractivity contribution >= 4 is 5.97 Å². The van der Waals surface area contributed by atoms with Crippen molar-refractivity contribution in [1.29, 1.82) is 0 Å². The molecule has 3 fully saturated rings. The van der Waals surface area contributed by atoms with Crippen molar-refractivity contribution in [3.8, 4) is 0 Å². The molecule has 0 radical (unpaired) electrons. The molecule has 1 aromatic heterocycles. The number of aromatic nitrogens is 2. The molecule has 5 rings (SSSR count). The third kappa shape index (κ3) is 7.70. The van der Waals surface area contributed by atoms with Crippen molar-refractivity contribution in [3.05, 3.63) is 53.1 Å². The third-order valence-electron chi connectivity index (χ3n) is 11.1. The summed E-state index contributed by atoms with van der Waals surface area (Å²) >= 11 is 0. The van der Waals surface area contributed by atoms with Gasteiger partial charge in [0.2, 0.25) is 0 Å². The number of hydrogen-bond donors (Lipinski definition) is 1. The van der Waals surface area contributed by atoms with Gasteiger partial charge in [-0.3, -0.25) is 14.4 Å². The summed E-state index contributed by atoms with van der Waals surface area (Å²) in [6.07, 6.45) is 10.6. The van der Waals surface area contributed by atoms with Crippen LogP contribution < -0.4 is 0 Å². The molecule has 0 amide bonds. The molecule has 2 aromatic rings. The minimum Gasteiger partial charge on any atom is -0.480 e. The summed E-state index contributed by atoms with van der Waals surface area (Å²) in [5, 5.41) is 15.0. The third-order valence-corrected chi connectivity index (χ3v) is 11.1. The number of carbonyl (C=O) groups is 1. The van der Waals surface area contributed by atoms with E-state index in [0.717, 1.165) is 75.7 Å². The Hall–Kier alpha value is -2.25. The molecule has 2 saturated carbocycles. The number of nitrogens with zero attached hydrogens (tertiary/aromatic N) is 4. The van der Waals surface area contributed by atoms with Crippen LogP contribution >= 0.6 is 0 Å². The maximum absolute atomic E-state index is 14.3. The van der Waals surface area contributed by atoms with Gasteiger partial charge in [-0.25, -0.2) is 4.39 Å². The first-order valence-corrected chi connectivity index (χ1v) is 17.1. The van der Waals surface area contributed by atoms with Gasteiger partial charge < -0.3 is 10.0 Å². The van der Waals surface area contributed by atoms with E-state index in [1.54, 1.807) is 6.07 Å². The second kappa shape index (κ2) is 14.2. The predicted octanol–water partition coefficient (Wildman–Crippen LogP) is 7.19. The van der Waals surface area contributed by atoms with Crippen LogP contribution in [-0.4, -0.2) is 69.4 Å². The molecule has 1 saturated heterocycles. The maximum atomic E-state index is 14.3. The number of halogens is 1. The Labute approximate surface area is 259 Å². The Morgan fingerprint density at radius 3 is 2.44 bits per heavy atom. The fraction of sp³-hybridized carbons (Fsp3) is 0.722. The van der Waals surface area contributed by atoms with Gasteiger partial charge in [-0.1, -0.05) is 45.7 Å². The van der Waals surface area contributed by atoms with Crippen molar-refractivity contribution in [2.75, 3.05) is 26.7 Å². The number of carboxylic acids is 1. The van der Waals surface area contributed by atoms with Crippen molar-refractivity contribution < 1.29 is 14.3 Å². The van der Waals surface area contributed by atoms with Crippen LogP contribution in [-0.2, 0) is 17.8 Å². The molecule has 1 N–H and O–H groups in total. The lowest BCUT2D eigenvalue weighted by atomic mass is 9.81. The van der Waals surface area contributed by atoms with Crippen molar-refractivity contribution in [3.63, 3.8) is 0 Å². The summed E-state index contributed by atoms with van der Waals surface area (Å²) in [7, 11) is 1.97. The molecule has 0 spiro atoms. The van der Waals surface area contributed by atoms with Crippen LogP contribution in [0.15, 0.2) is 30.3 Å². The van der Waals surface area contributed by atoms with Gasteiger partial charge in [0.25, 0.3) is 0 Å². The number of rotatable bonds is 11. The molecular weight excluding hydrogens is 539 g/mol. The van der Waals surface area contributed by atoms with Crippen molar-refractivity contribution in [1.82, 2.24) is 19.6 Å². The van der Waals surface area contributed by atoms with Crippen LogP contribution in [0.3, 0.4) is 0 Å². The average Bonchev–Trinajstić information content (AvgIpc) is 3.58. The summed E-state index contributed by atoms with van der Waals surface area (Å²) in [5.74, 6) is 1.90. The van der Waals surface area contributed by atoms with Crippen LogP contribution in [0, 0.1) is 29.5 Å². The quantitative estimate of drug-likeness (QED) is 0.298. The number of hydrogen-bond acceptors (Lipinski definition) is 4. The lowest BCUT2D eigenvalue weighted by Crippen LogP contribution is -2.47. The Balaban J connectivity index is 1.23. The fourth-order valence-electron chi connectivity index (χ4n) is 8.67. The van der Waals surface area contributed by atoms with Gasteiger partial charge in [0.15, 0.2) is 0 Å². The Bertz CT molecular complexity index is 1200. The van der Waals surface area contributed by atoms with Crippen molar-refractivity contribution in [2.45, 2.75) is 116 Å². The van der Waals surface area contributed by atoms with E-state index in [9.17, 15) is 14.3 Å². The highest BCUT2D eigenvalue weighted by Crippen LogP contribution is 2.44. The number of aliphatic carboxylic acids is 1. The SMILES string of the molecule is CCn1nc(CC2CCC(C)CC2)cc1C1CCN(CC2CC(N(C)[C@@H](C(=O)O)C(C)C)CC2c2cccc(F)c2)CC1. The van der Waals surface area contributed by atoms with E-state index in [0.29, 0.717) is 11.8 Å². The van der Waals surface area contributed by atoms with E-state index >= 15 is 0 Å². The summed E-state index contributed by atoms with van der Waals surface area (Å²) in [6, 6.07) is 9.17. The van der Waals surface area contributed by atoms with Crippen molar-refractivity contribution in [2.24, 2.45) is 23.7 Å². The second-order valence-electron chi connectivity index (χ2n) is 14.5. The van der Waals surface area contributed by atoms with Gasteiger partial charge in [0.1, 0.15) is 11.9 Å². The zero-order valence-electron chi connectivity index (χ0n) is 27.2. The van der Waals surface area contributed by atoms with E-state index in [4.69, 9.17) is 5.10 Å². The highest BCUT2D eigenvalue weighted by atomic mass is 19.1. The van der Waals surface area contributed by atoms with Gasteiger partial charge in [-0.2, -0.15) is 5.10 Å². The Morgan fingerprint density at radius 2 is 1.81 bits per heavy atom. The van der Waals surface area contributed by atoms with Crippen LogP contribution in [0.4, 0.5) is 4.39 Å². The number of likely N-dealkylation sites (tertiary alicyclic amines) is 1. The molecule has 0 bridgehead atoms. The molecule has 6 nitrogen and oxygen atoms in total. The van der Waals surface area contributed by atoms with E-state index in [1.807, 2.05) is 27.0 Å². The van der Waals surface area contributed by atoms with E-state index in [-0.39, 0.29) is 23.7 Å². The lowest BCUT2D eigenvalue weighted by molar-refractivity contribution is -0.145. The molecule has 2 heterocycles. The lowest BCUT2D eigenvalue weighted by Gasteiger charge is -2.35. The van der Waals surface area contributed by atoms with Gasteiger partial charge >= 0.3 is 5.97 Å². The highest BCUT2D eigenvalue weighted by molar-refractivity contribution is 5.73.